The molecule has 0 spiro atoms. The first-order valence-electron chi connectivity index (χ1n) is 10.2. The van der Waals surface area contributed by atoms with Crippen molar-refractivity contribution >= 4 is 23.6 Å². The summed E-state index contributed by atoms with van der Waals surface area (Å²) in [5.41, 5.74) is 3.03. The Kier molecular flexibility index (Phi) is 5.36. The van der Waals surface area contributed by atoms with Crippen molar-refractivity contribution < 1.29 is 14.0 Å². The van der Waals surface area contributed by atoms with Gasteiger partial charge in [0.1, 0.15) is 5.76 Å². The van der Waals surface area contributed by atoms with Gasteiger partial charge >= 0.3 is 0 Å². The number of amides is 2. The summed E-state index contributed by atoms with van der Waals surface area (Å²) in [6.07, 6.45) is 1.64. The van der Waals surface area contributed by atoms with E-state index in [9.17, 15) is 9.59 Å². The van der Waals surface area contributed by atoms with E-state index in [1.807, 2.05) is 47.9 Å². The second kappa shape index (κ2) is 8.47. The minimum atomic E-state index is -0.246. The molecule has 0 fully saturated rings. The van der Waals surface area contributed by atoms with Crippen LogP contribution in [0.15, 0.2) is 76.5 Å². The monoisotopic (exact) mass is 444 g/mol. The largest absolute Gasteiger partial charge is 0.467 e. The molecule has 0 radical (unpaired) electrons. The first-order valence-corrected chi connectivity index (χ1v) is 11.2. The van der Waals surface area contributed by atoms with Crippen LogP contribution in [0.1, 0.15) is 32.0 Å². The van der Waals surface area contributed by atoms with Crippen LogP contribution in [0.2, 0.25) is 0 Å². The summed E-state index contributed by atoms with van der Waals surface area (Å²) in [5, 5.41) is 9.55. The smallest absolute Gasteiger partial charge is 0.261 e. The lowest BCUT2D eigenvalue weighted by Crippen LogP contribution is -2.31. The van der Waals surface area contributed by atoms with E-state index in [4.69, 9.17) is 4.42 Å². The maximum Gasteiger partial charge on any atom is 0.261 e. The minimum Gasteiger partial charge on any atom is -0.467 e. The lowest BCUT2D eigenvalue weighted by atomic mass is 10.1. The zero-order valence-electron chi connectivity index (χ0n) is 17.4. The van der Waals surface area contributed by atoms with Crippen molar-refractivity contribution in [2.24, 2.45) is 0 Å². The zero-order chi connectivity index (χ0) is 22.1. The zero-order valence-corrected chi connectivity index (χ0v) is 18.2. The number of rotatable bonds is 7. The van der Waals surface area contributed by atoms with E-state index in [0.29, 0.717) is 35.1 Å². The van der Waals surface area contributed by atoms with Crippen molar-refractivity contribution in [3.63, 3.8) is 0 Å². The molecular weight excluding hydrogens is 424 g/mol. The van der Waals surface area contributed by atoms with Crippen LogP contribution in [0, 0.1) is 6.92 Å². The average molecular weight is 445 g/mol. The fourth-order valence-electron chi connectivity index (χ4n) is 3.79. The summed E-state index contributed by atoms with van der Waals surface area (Å²) in [4.78, 5) is 26.5. The van der Waals surface area contributed by atoms with Gasteiger partial charge in [0.05, 0.1) is 23.9 Å². The van der Waals surface area contributed by atoms with E-state index in [2.05, 4.69) is 10.2 Å². The number of benzene rings is 2. The number of nitrogens with zero attached hydrogens (tertiary/aromatic N) is 4. The Labute approximate surface area is 189 Å². The number of aromatic nitrogens is 3. The van der Waals surface area contributed by atoms with Gasteiger partial charge in [0.15, 0.2) is 11.0 Å². The van der Waals surface area contributed by atoms with E-state index in [-0.39, 0.29) is 11.8 Å². The molecule has 0 unspecified atom stereocenters. The number of hydrogen-bond acceptors (Lipinski definition) is 6. The average Bonchev–Trinajstić information content (AvgIpc) is 3.52. The molecule has 2 amide bonds. The molecule has 1 aliphatic heterocycles. The summed E-state index contributed by atoms with van der Waals surface area (Å²) in [7, 11) is 0. The molecule has 32 heavy (non-hydrogen) atoms. The molecule has 1 aliphatic rings. The van der Waals surface area contributed by atoms with Crippen LogP contribution < -0.4 is 0 Å². The molecule has 0 atom stereocenters. The van der Waals surface area contributed by atoms with Crippen LogP contribution in [-0.4, -0.2) is 43.8 Å². The molecule has 5 rings (SSSR count). The maximum absolute atomic E-state index is 12.6. The van der Waals surface area contributed by atoms with Gasteiger partial charge in [-0.05, 0) is 36.8 Å². The van der Waals surface area contributed by atoms with Crippen molar-refractivity contribution in [3.8, 4) is 11.4 Å². The molecule has 0 bridgehead atoms. The third-order valence-electron chi connectivity index (χ3n) is 5.42. The highest BCUT2D eigenvalue weighted by molar-refractivity contribution is 7.99. The molecule has 8 heteroatoms. The van der Waals surface area contributed by atoms with E-state index >= 15 is 0 Å². The molecule has 0 saturated carbocycles. The number of carbonyl (C=O) groups excluding carboxylic acids is 2. The van der Waals surface area contributed by atoms with Gasteiger partial charge in [0.2, 0.25) is 0 Å². The van der Waals surface area contributed by atoms with Crippen LogP contribution in [0.3, 0.4) is 0 Å². The van der Waals surface area contributed by atoms with Gasteiger partial charge in [-0.3, -0.25) is 19.1 Å². The van der Waals surface area contributed by atoms with Gasteiger partial charge in [0, 0.05) is 17.9 Å². The minimum absolute atomic E-state index is 0.246. The number of imide groups is 1. The van der Waals surface area contributed by atoms with Gasteiger partial charge in [-0.15, -0.1) is 10.2 Å². The van der Waals surface area contributed by atoms with Crippen LogP contribution in [0.25, 0.3) is 11.4 Å². The molecule has 3 heterocycles. The van der Waals surface area contributed by atoms with E-state index < -0.39 is 0 Å². The first-order chi connectivity index (χ1) is 15.6. The quantitative estimate of drug-likeness (QED) is 0.313. The summed E-state index contributed by atoms with van der Waals surface area (Å²) < 4.78 is 7.56. The van der Waals surface area contributed by atoms with Crippen LogP contribution in [0.5, 0.6) is 0 Å². The predicted molar refractivity (Wildman–Crippen MR) is 121 cm³/mol. The van der Waals surface area contributed by atoms with Crippen LogP contribution >= 0.6 is 11.8 Å². The fraction of sp³-hybridized carbons (Fsp3) is 0.167. The van der Waals surface area contributed by atoms with E-state index in [1.54, 1.807) is 30.5 Å². The Morgan fingerprint density at radius 1 is 0.875 bits per heavy atom. The Hall–Kier alpha value is -3.65. The highest BCUT2D eigenvalue weighted by atomic mass is 32.2. The van der Waals surface area contributed by atoms with Crippen LogP contribution in [0.4, 0.5) is 0 Å². The van der Waals surface area contributed by atoms with Gasteiger partial charge < -0.3 is 4.42 Å². The number of hydrogen-bond donors (Lipinski definition) is 0. The molecule has 2 aromatic heterocycles. The second-order valence-electron chi connectivity index (χ2n) is 7.44. The molecule has 2 aromatic carbocycles. The maximum atomic E-state index is 12.6. The molecular formula is C24H20N4O3S. The molecule has 0 N–H and O–H groups in total. The summed E-state index contributed by atoms with van der Waals surface area (Å²) in [5.74, 6) is 1.56. The van der Waals surface area contributed by atoms with Gasteiger partial charge in [0.25, 0.3) is 11.8 Å². The lowest BCUT2D eigenvalue weighted by Gasteiger charge is -2.14. The highest BCUT2D eigenvalue weighted by Gasteiger charge is 2.34. The van der Waals surface area contributed by atoms with Gasteiger partial charge in [-0.25, -0.2) is 0 Å². The predicted octanol–water partition coefficient (Wildman–Crippen LogP) is 4.28. The summed E-state index contributed by atoms with van der Waals surface area (Å²) in [6, 6.07) is 18.7. The van der Waals surface area contributed by atoms with E-state index in [1.165, 1.54) is 16.7 Å². The highest BCUT2D eigenvalue weighted by Crippen LogP contribution is 2.28. The number of furan rings is 1. The van der Waals surface area contributed by atoms with Gasteiger partial charge in [-0.1, -0.05) is 48.2 Å². The number of carbonyl (C=O) groups is 2. The first kappa shape index (κ1) is 20.3. The van der Waals surface area contributed by atoms with Crippen LogP contribution in [-0.2, 0) is 6.54 Å². The standard InChI is InChI=1S/C24H20N4O3S/c1-16-7-2-3-9-18(16)21-25-26-24(28(21)15-17-8-6-13-31-17)32-14-12-27-22(29)19-10-4-5-11-20(19)23(27)30/h2-11,13H,12,14-15H2,1H3. The van der Waals surface area contributed by atoms with Gasteiger partial charge in [-0.2, -0.15) is 0 Å². The SMILES string of the molecule is Cc1ccccc1-c1nnc(SCCN2C(=O)c3ccccc3C2=O)n1Cc1ccco1. The van der Waals surface area contributed by atoms with Crippen molar-refractivity contribution in [2.75, 3.05) is 12.3 Å². The third kappa shape index (κ3) is 3.62. The second-order valence-corrected chi connectivity index (χ2v) is 8.50. The van der Waals surface area contributed by atoms with E-state index in [0.717, 1.165) is 22.7 Å². The van der Waals surface area contributed by atoms with Crippen molar-refractivity contribution in [2.45, 2.75) is 18.6 Å². The Morgan fingerprint density at radius 2 is 1.56 bits per heavy atom. The topological polar surface area (TPSA) is 81.2 Å². The Bertz CT molecular complexity index is 1260. The lowest BCUT2D eigenvalue weighted by molar-refractivity contribution is 0.0664. The van der Waals surface area contributed by atoms with Crippen molar-refractivity contribution in [3.05, 3.63) is 89.4 Å². The molecule has 0 aliphatic carbocycles. The van der Waals surface area contributed by atoms with Crippen molar-refractivity contribution in [1.82, 2.24) is 19.7 Å². The molecule has 0 saturated heterocycles. The number of fused-ring (bicyclic) bond motifs is 1. The molecule has 4 aromatic rings. The molecule has 160 valence electrons. The number of aryl methyl sites for hydroxylation is 1. The molecule has 7 nitrogen and oxygen atoms in total. The van der Waals surface area contributed by atoms with Crippen molar-refractivity contribution in [1.29, 1.82) is 0 Å². The fourth-order valence-corrected chi connectivity index (χ4v) is 4.65. The summed E-state index contributed by atoms with van der Waals surface area (Å²) in [6.45, 7) is 2.82. The third-order valence-corrected chi connectivity index (χ3v) is 6.37. The number of thioether (sulfide) groups is 1. The Morgan fingerprint density at radius 3 is 2.22 bits per heavy atom. The summed E-state index contributed by atoms with van der Waals surface area (Å²) >= 11 is 1.46. The normalized spacial score (nSPS) is 13.1. The Balaban J connectivity index is 1.37.